The molecule has 0 aromatic rings. The van der Waals surface area contributed by atoms with Crippen LogP contribution in [0.15, 0.2) is 0 Å². The van der Waals surface area contributed by atoms with Gasteiger partial charge in [0.1, 0.15) is 0 Å². The maximum atomic E-state index is 2.50. The van der Waals surface area contributed by atoms with Gasteiger partial charge in [-0.2, -0.15) is 0 Å². The van der Waals surface area contributed by atoms with Crippen molar-refractivity contribution >= 4 is 0 Å². The van der Waals surface area contributed by atoms with Crippen LogP contribution in [0.5, 0.6) is 0 Å². The fourth-order valence-corrected chi connectivity index (χ4v) is 1.56. The molecule has 0 radical (unpaired) electrons. The highest BCUT2D eigenvalue weighted by Crippen LogP contribution is 2.30. The summed E-state index contributed by atoms with van der Waals surface area (Å²) in [5, 5.41) is 0. The van der Waals surface area contributed by atoms with Crippen LogP contribution in [0, 0.1) is 10.8 Å². The van der Waals surface area contributed by atoms with Gasteiger partial charge >= 0.3 is 0 Å². The molecule has 0 saturated heterocycles. The summed E-state index contributed by atoms with van der Waals surface area (Å²) in [7, 11) is 2.24. The molecule has 0 spiro atoms. The number of hydrogen-bond donors (Lipinski definition) is 0. The summed E-state index contributed by atoms with van der Waals surface area (Å²) in [6, 6.07) is 1.22. The van der Waals surface area contributed by atoms with Gasteiger partial charge in [0.05, 0.1) is 0 Å². The second kappa shape index (κ2) is 4.22. The van der Waals surface area contributed by atoms with E-state index in [9.17, 15) is 0 Å². The molecule has 1 heteroatoms. The van der Waals surface area contributed by atoms with E-state index in [0.717, 1.165) is 0 Å². The van der Waals surface area contributed by atoms with Gasteiger partial charge in [0.25, 0.3) is 0 Å². The van der Waals surface area contributed by atoms with Gasteiger partial charge in [0, 0.05) is 12.1 Å². The molecule has 0 N–H and O–H groups in total. The van der Waals surface area contributed by atoms with Gasteiger partial charge in [-0.1, -0.05) is 41.5 Å². The molecule has 0 aliphatic heterocycles. The SMILES string of the molecule is CC(N(C)C(C)C(C)(C)C)C(C)(C)C. The molecule has 0 fully saturated rings. The van der Waals surface area contributed by atoms with Crippen LogP contribution in [0.4, 0.5) is 0 Å². The standard InChI is InChI=1S/C13H29N/c1-10(12(3,4)5)14(9)11(2)13(6,7)8/h10-11H,1-9H3. The lowest BCUT2D eigenvalue weighted by Crippen LogP contribution is -2.48. The smallest absolute Gasteiger partial charge is 0.0115 e. The molecule has 2 unspecified atom stereocenters. The molecule has 86 valence electrons. The summed E-state index contributed by atoms with van der Waals surface area (Å²) in [6.45, 7) is 18.5. The number of rotatable bonds is 2. The van der Waals surface area contributed by atoms with Gasteiger partial charge in [0.15, 0.2) is 0 Å². The largest absolute Gasteiger partial charge is 0.300 e. The lowest BCUT2D eigenvalue weighted by molar-refractivity contribution is 0.0519. The van der Waals surface area contributed by atoms with Crippen LogP contribution in [0.2, 0.25) is 0 Å². The molecular weight excluding hydrogens is 170 g/mol. The van der Waals surface area contributed by atoms with Gasteiger partial charge in [0.2, 0.25) is 0 Å². The van der Waals surface area contributed by atoms with Crippen LogP contribution in [-0.4, -0.2) is 24.0 Å². The summed E-state index contributed by atoms with van der Waals surface area (Å²) in [4.78, 5) is 2.50. The van der Waals surface area contributed by atoms with E-state index in [1.165, 1.54) is 0 Å². The fourth-order valence-electron chi connectivity index (χ4n) is 1.56. The topological polar surface area (TPSA) is 3.24 Å². The van der Waals surface area contributed by atoms with Crippen molar-refractivity contribution < 1.29 is 0 Å². The lowest BCUT2D eigenvalue weighted by Gasteiger charge is -2.43. The summed E-state index contributed by atoms with van der Waals surface area (Å²) in [5.74, 6) is 0. The average molecular weight is 199 g/mol. The van der Waals surface area contributed by atoms with Gasteiger partial charge in [-0.05, 0) is 31.7 Å². The van der Waals surface area contributed by atoms with E-state index in [-0.39, 0.29) is 0 Å². The van der Waals surface area contributed by atoms with Crippen LogP contribution in [0.3, 0.4) is 0 Å². The Morgan fingerprint density at radius 3 is 1.07 bits per heavy atom. The predicted octanol–water partition coefficient (Wildman–Crippen LogP) is 3.79. The van der Waals surface area contributed by atoms with Crippen LogP contribution in [-0.2, 0) is 0 Å². The van der Waals surface area contributed by atoms with Crippen molar-refractivity contribution in [2.45, 2.75) is 67.5 Å². The van der Waals surface area contributed by atoms with Crippen LogP contribution in [0.25, 0.3) is 0 Å². The molecule has 0 amide bonds. The predicted molar refractivity (Wildman–Crippen MR) is 65.6 cm³/mol. The average Bonchev–Trinajstić information content (AvgIpc) is 1.97. The molecule has 1 nitrogen and oxygen atoms in total. The maximum Gasteiger partial charge on any atom is 0.0115 e. The van der Waals surface area contributed by atoms with E-state index in [4.69, 9.17) is 0 Å². The maximum absolute atomic E-state index is 2.50. The minimum absolute atomic E-state index is 0.355. The van der Waals surface area contributed by atoms with Crippen molar-refractivity contribution in [3.05, 3.63) is 0 Å². The molecule has 0 aromatic carbocycles. The molecule has 0 heterocycles. The monoisotopic (exact) mass is 199 g/mol. The molecule has 0 saturated carbocycles. The van der Waals surface area contributed by atoms with Crippen LogP contribution >= 0.6 is 0 Å². The van der Waals surface area contributed by atoms with E-state index in [1.807, 2.05) is 0 Å². The molecule has 0 aromatic heterocycles. The normalized spacial score (nSPS) is 18.4. The van der Waals surface area contributed by atoms with E-state index in [0.29, 0.717) is 22.9 Å². The van der Waals surface area contributed by atoms with Gasteiger partial charge in [-0.3, -0.25) is 4.90 Å². The molecule has 2 atom stereocenters. The molecule has 0 aliphatic carbocycles. The van der Waals surface area contributed by atoms with Crippen molar-refractivity contribution in [2.75, 3.05) is 7.05 Å². The van der Waals surface area contributed by atoms with Gasteiger partial charge in [-0.15, -0.1) is 0 Å². The zero-order chi connectivity index (χ0) is 11.7. The molecule has 0 rings (SSSR count). The first-order valence-corrected chi connectivity index (χ1v) is 5.70. The Balaban J connectivity index is 4.56. The third-order valence-corrected chi connectivity index (χ3v) is 3.73. The van der Waals surface area contributed by atoms with E-state index < -0.39 is 0 Å². The Labute approximate surface area is 90.9 Å². The quantitative estimate of drug-likeness (QED) is 0.654. The Bertz CT molecular complexity index is 151. The number of nitrogens with zero attached hydrogens (tertiary/aromatic N) is 1. The first kappa shape index (κ1) is 14.0. The zero-order valence-electron chi connectivity index (χ0n) is 11.6. The molecule has 0 aliphatic rings. The summed E-state index contributed by atoms with van der Waals surface area (Å²) < 4.78 is 0. The fraction of sp³-hybridized carbons (Fsp3) is 1.00. The summed E-state index contributed by atoms with van der Waals surface area (Å²) in [6.07, 6.45) is 0. The Morgan fingerprint density at radius 1 is 0.714 bits per heavy atom. The van der Waals surface area contributed by atoms with E-state index >= 15 is 0 Å². The third-order valence-electron chi connectivity index (χ3n) is 3.73. The minimum atomic E-state index is 0.355. The Morgan fingerprint density at radius 2 is 0.929 bits per heavy atom. The minimum Gasteiger partial charge on any atom is -0.300 e. The highest BCUT2D eigenvalue weighted by atomic mass is 15.2. The van der Waals surface area contributed by atoms with Gasteiger partial charge < -0.3 is 0 Å². The zero-order valence-corrected chi connectivity index (χ0v) is 11.6. The Hall–Kier alpha value is -0.0400. The van der Waals surface area contributed by atoms with Crippen LogP contribution < -0.4 is 0 Å². The third kappa shape index (κ3) is 3.61. The first-order chi connectivity index (χ1) is 5.98. The van der Waals surface area contributed by atoms with Crippen molar-refractivity contribution in [1.29, 1.82) is 0 Å². The lowest BCUT2D eigenvalue weighted by atomic mass is 9.82. The van der Waals surface area contributed by atoms with Crippen molar-refractivity contribution in [1.82, 2.24) is 4.90 Å². The highest BCUT2D eigenvalue weighted by Gasteiger charge is 2.31. The molecular formula is C13H29N. The summed E-state index contributed by atoms with van der Waals surface area (Å²) in [5.41, 5.74) is 0.711. The Kier molecular flexibility index (Phi) is 4.21. The van der Waals surface area contributed by atoms with Crippen LogP contribution in [0.1, 0.15) is 55.4 Å². The summed E-state index contributed by atoms with van der Waals surface area (Å²) >= 11 is 0. The second-order valence-electron chi connectivity index (χ2n) is 6.75. The molecule has 0 bridgehead atoms. The first-order valence-electron chi connectivity index (χ1n) is 5.70. The highest BCUT2D eigenvalue weighted by molar-refractivity contribution is 4.85. The second-order valence-corrected chi connectivity index (χ2v) is 6.75. The van der Waals surface area contributed by atoms with E-state index in [1.54, 1.807) is 0 Å². The van der Waals surface area contributed by atoms with Crippen molar-refractivity contribution in [2.24, 2.45) is 10.8 Å². The molecule has 14 heavy (non-hydrogen) atoms. The number of hydrogen-bond acceptors (Lipinski definition) is 1. The van der Waals surface area contributed by atoms with Crippen molar-refractivity contribution in [3.63, 3.8) is 0 Å². The van der Waals surface area contributed by atoms with E-state index in [2.05, 4.69) is 67.3 Å². The van der Waals surface area contributed by atoms with Gasteiger partial charge in [-0.25, -0.2) is 0 Å². The van der Waals surface area contributed by atoms with Crippen molar-refractivity contribution in [3.8, 4) is 0 Å².